The van der Waals surface area contributed by atoms with Crippen molar-refractivity contribution in [1.82, 2.24) is 0 Å². The highest BCUT2D eigenvalue weighted by Gasteiger charge is 2.06. The number of hydrogen-bond donors (Lipinski definition) is 1. The first-order valence-corrected chi connectivity index (χ1v) is 6.40. The minimum Gasteiger partial charge on any atom is -0.456 e. The lowest BCUT2D eigenvalue weighted by atomic mass is 10.1. The number of ether oxygens (including phenoxy) is 1. The van der Waals surface area contributed by atoms with Crippen LogP contribution in [0, 0.1) is 12.7 Å². The van der Waals surface area contributed by atoms with Crippen molar-refractivity contribution in [2.45, 2.75) is 13.3 Å². The second kappa shape index (κ2) is 6.04. The van der Waals surface area contributed by atoms with Gasteiger partial charge in [0.15, 0.2) is 0 Å². The lowest BCUT2D eigenvalue weighted by Gasteiger charge is -2.10. The van der Waals surface area contributed by atoms with Gasteiger partial charge in [0.1, 0.15) is 17.3 Å². The number of hydrogen-bond acceptors (Lipinski definition) is 2. The third-order valence-electron chi connectivity index (χ3n) is 2.85. The molecular weight excluding hydrogens is 265 g/mol. The van der Waals surface area contributed by atoms with Gasteiger partial charge in [-0.25, -0.2) is 4.39 Å². The Bertz CT molecular complexity index is 586. The highest BCUT2D eigenvalue weighted by molar-refractivity contribution is 6.32. The van der Waals surface area contributed by atoms with Crippen LogP contribution in [0.25, 0.3) is 0 Å². The van der Waals surface area contributed by atoms with E-state index in [0.29, 0.717) is 18.0 Å². The molecule has 2 N–H and O–H groups in total. The van der Waals surface area contributed by atoms with E-state index in [-0.39, 0.29) is 10.8 Å². The molecule has 0 aliphatic rings. The van der Waals surface area contributed by atoms with Crippen molar-refractivity contribution < 1.29 is 9.13 Å². The summed E-state index contributed by atoms with van der Waals surface area (Å²) in [5.74, 6) is 0.729. The lowest BCUT2D eigenvalue weighted by molar-refractivity contribution is 0.480. The summed E-state index contributed by atoms with van der Waals surface area (Å²) < 4.78 is 18.6. The van der Waals surface area contributed by atoms with Crippen molar-refractivity contribution in [1.29, 1.82) is 0 Å². The summed E-state index contributed by atoms with van der Waals surface area (Å²) >= 11 is 5.92. The normalized spacial score (nSPS) is 10.5. The molecule has 0 aliphatic heterocycles. The van der Waals surface area contributed by atoms with E-state index >= 15 is 0 Å². The Morgan fingerprint density at radius 3 is 2.63 bits per heavy atom. The molecule has 0 saturated heterocycles. The summed E-state index contributed by atoms with van der Waals surface area (Å²) in [6.45, 7) is 2.62. The van der Waals surface area contributed by atoms with Crippen molar-refractivity contribution in [3.8, 4) is 11.5 Å². The maximum Gasteiger partial charge on any atom is 0.146 e. The minimum absolute atomic E-state index is 0.253. The van der Waals surface area contributed by atoms with Crippen molar-refractivity contribution in [3.05, 3.63) is 58.4 Å². The van der Waals surface area contributed by atoms with Crippen LogP contribution in [0.4, 0.5) is 4.39 Å². The Labute approximate surface area is 117 Å². The van der Waals surface area contributed by atoms with Crippen LogP contribution in [0.5, 0.6) is 11.5 Å². The molecule has 2 aromatic carbocycles. The molecule has 0 heterocycles. The van der Waals surface area contributed by atoms with Crippen molar-refractivity contribution in [2.75, 3.05) is 6.54 Å². The van der Waals surface area contributed by atoms with Gasteiger partial charge in [0.25, 0.3) is 0 Å². The Kier molecular flexibility index (Phi) is 4.40. The van der Waals surface area contributed by atoms with Gasteiger partial charge in [0.05, 0.1) is 5.02 Å². The van der Waals surface area contributed by atoms with Crippen LogP contribution < -0.4 is 10.5 Å². The molecule has 0 atom stereocenters. The molecule has 0 aromatic heterocycles. The van der Waals surface area contributed by atoms with E-state index in [1.165, 1.54) is 23.8 Å². The van der Waals surface area contributed by atoms with E-state index in [2.05, 4.69) is 0 Å². The molecule has 0 fully saturated rings. The van der Waals surface area contributed by atoms with Crippen LogP contribution in [0.2, 0.25) is 5.02 Å². The summed E-state index contributed by atoms with van der Waals surface area (Å²) in [5.41, 5.74) is 7.85. The fourth-order valence-corrected chi connectivity index (χ4v) is 2.06. The predicted octanol–water partition coefficient (Wildman–Crippen LogP) is 4.08. The first kappa shape index (κ1) is 13.8. The predicted molar refractivity (Wildman–Crippen MR) is 75.4 cm³/mol. The molecule has 0 aliphatic carbocycles. The number of rotatable bonds is 4. The van der Waals surface area contributed by atoms with Gasteiger partial charge in [-0.05, 0) is 61.3 Å². The van der Waals surface area contributed by atoms with Crippen molar-refractivity contribution in [3.63, 3.8) is 0 Å². The number of aryl methyl sites for hydroxylation is 1. The zero-order valence-corrected chi connectivity index (χ0v) is 11.4. The van der Waals surface area contributed by atoms with Gasteiger partial charge in [0, 0.05) is 0 Å². The van der Waals surface area contributed by atoms with E-state index < -0.39 is 0 Å². The van der Waals surface area contributed by atoms with E-state index in [4.69, 9.17) is 22.1 Å². The summed E-state index contributed by atoms with van der Waals surface area (Å²) in [6.07, 6.45) is 0.837. The highest BCUT2D eigenvalue weighted by atomic mass is 35.5. The van der Waals surface area contributed by atoms with Gasteiger partial charge in [-0.3, -0.25) is 0 Å². The third-order valence-corrected chi connectivity index (χ3v) is 3.14. The highest BCUT2D eigenvalue weighted by Crippen LogP contribution is 2.30. The maximum atomic E-state index is 12.9. The smallest absolute Gasteiger partial charge is 0.146 e. The molecule has 19 heavy (non-hydrogen) atoms. The molecule has 0 spiro atoms. The Morgan fingerprint density at radius 1 is 1.21 bits per heavy atom. The first-order chi connectivity index (χ1) is 9.10. The Hall–Kier alpha value is -1.58. The molecular formula is C15H15ClFNO. The molecule has 0 saturated carbocycles. The lowest BCUT2D eigenvalue weighted by Crippen LogP contribution is -2.04. The van der Waals surface area contributed by atoms with Crippen molar-refractivity contribution >= 4 is 11.6 Å². The van der Waals surface area contributed by atoms with Crippen LogP contribution in [-0.4, -0.2) is 6.54 Å². The van der Waals surface area contributed by atoms with E-state index in [0.717, 1.165) is 12.0 Å². The van der Waals surface area contributed by atoms with Crippen molar-refractivity contribution in [2.24, 2.45) is 5.73 Å². The SMILES string of the molecule is Cc1cc(Oc2ccc(F)cc2Cl)ccc1CCN. The van der Waals surface area contributed by atoms with Gasteiger partial charge in [-0.15, -0.1) is 0 Å². The Morgan fingerprint density at radius 2 is 2.00 bits per heavy atom. The summed E-state index contributed by atoms with van der Waals surface area (Å²) in [5, 5.41) is 0.253. The molecule has 0 bridgehead atoms. The molecule has 2 rings (SSSR count). The molecule has 2 aromatic rings. The summed E-state index contributed by atoms with van der Waals surface area (Å²) in [6, 6.07) is 9.82. The zero-order chi connectivity index (χ0) is 13.8. The molecule has 0 radical (unpaired) electrons. The maximum absolute atomic E-state index is 12.9. The van der Waals surface area contributed by atoms with Crippen LogP contribution in [-0.2, 0) is 6.42 Å². The second-order valence-corrected chi connectivity index (χ2v) is 4.71. The average Bonchev–Trinajstić information content (AvgIpc) is 2.36. The largest absolute Gasteiger partial charge is 0.456 e. The second-order valence-electron chi connectivity index (χ2n) is 4.30. The van der Waals surface area contributed by atoms with Gasteiger partial charge in [-0.1, -0.05) is 17.7 Å². The fourth-order valence-electron chi connectivity index (χ4n) is 1.85. The van der Waals surface area contributed by atoms with Gasteiger partial charge in [0.2, 0.25) is 0 Å². The topological polar surface area (TPSA) is 35.2 Å². The van der Waals surface area contributed by atoms with Crippen LogP contribution in [0.3, 0.4) is 0 Å². The zero-order valence-electron chi connectivity index (χ0n) is 10.6. The summed E-state index contributed by atoms with van der Waals surface area (Å²) in [7, 11) is 0. The van der Waals surface area contributed by atoms with Crippen LogP contribution >= 0.6 is 11.6 Å². The van der Waals surface area contributed by atoms with Gasteiger partial charge in [-0.2, -0.15) is 0 Å². The summed E-state index contributed by atoms with van der Waals surface area (Å²) in [4.78, 5) is 0. The molecule has 2 nitrogen and oxygen atoms in total. The monoisotopic (exact) mass is 279 g/mol. The minimum atomic E-state index is -0.383. The fraction of sp³-hybridized carbons (Fsp3) is 0.200. The number of nitrogens with two attached hydrogens (primary N) is 1. The van der Waals surface area contributed by atoms with E-state index in [9.17, 15) is 4.39 Å². The molecule has 0 amide bonds. The van der Waals surface area contributed by atoms with Crippen LogP contribution in [0.15, 0.2) is 36.4 Å². The average molecular weight is 280 g/mol. The quantitative estimate of drug-likeness (QED) is 0.915. The van der Waals surface area contributed by atoms with E-state index in [1.54, 1.807) is 0 Å². The number of benzene rings is 2. The van der Waals surface area contributed by atoms with Crippen LogP contribution in [0.1, 0.15) is 11.1 Å². The molecule has 0 unspecified atom stereocenters. The third kappa shape index (κ3) is 3.46. The van der Waals surface area contributed by atoms with E-state index in [1.807, 2.05) is 25.1 Å². The standard InChI is InChI=1S/C15H15ClFNO/c1-10-8-13(4-2-11(10)6-7-18)19-15-5-3-12(17)9-14(15)16/h2-5,8-9H,6-7,18H2,1H3. The molecule has 4 heteroatoms. The van der Waals surface area contributed by atoms with Gasteiger partial charge < -0.3 is 10.5 Å². The van der Waals surface area contributed by atoms with Gasteiger partial charge >= 0.3 is 0 Å². The number of halogens is 2. The Balaban J connectivity index is 2.21. The molecule has 100 valence electrons. The first-order valence-electron chi connectivity index (χ1n) is 6.02.